The lowest BCUT2D eigenvalue weighted by atomic mass is 10.3. The van der Waals surface area contributed by atoms with Gasteiger partial charge < -0.3 is 0 Å². The fourth-order valence-electron chi connectivity index (χ4n) is 0.916. The van der Waals surface area contributed by atoms with Crippen molar-refractivity contribution in [1.82, 2.24) is 4.57 Å². The van der Waals surface area contributed by atoms with Crippen LogP contribution < -0.4 is 5.56 Å². The summed E-state index contributed by atoms with van der Waals surface area (Å²) in [5, 5.41) is 0. The molecule has 2 nitrogen and oxygen atoms in total. The highest BCUT2D eigenvalue weighted by molar-refractivity contribution is 5.52. The van der Waals surface area contributed by atoms with Crippen molar-refractivity contribution < 1.29 is 0 Å². The summed E-state index contributed by atoms with van der Waals surface area (Å²) in [4.78, 5) is 11.2. The van der Waals surface area contributed by atoms with Crippen LogP contribution in [0.3, 0.4) is 0 Å². The fourth-order valence-corrected chi connectivity index (χ4v) is 0.916. The van der Waals surface area contributed by atoms with Gasteiger partial charge in [-0.3, -0.25) is 9.36 Å². The summed E-state index contributed by atoms with van der Waals surface area (Å²) in [6, 6.07) is 3.29. The Balaban J connectivity index is 3.32. The number of nitrogens with zero attached hydrogens (tertiary/aromatic N) is 1. The van der Waals surface area contributed by atoms with Crippen LogP contribution in [0, 0.1) is 6.92 Å². The summed E-state index contributed by atoms with van der Waals surface area (Å²) in [5.41, 5.74) is 1.55. The molecular weight excluding hydrogens is 150 g/mol. The number of hydrogen-bond acceptors (Lipinski definition) is 1. The van der Waals surface area contributed by atoms with Gasteiger partial charge in [0.25, 0.3) is 5.56 Å². The van der Waals surface area contributed by atoms with Gasteiger partial charge in [-0.15, -0.1) is 0 Å². The number of aromatic nitrogens is 1. The minimum Gasteiger partial charge on any atom is -0.285 e. The Morgan fingerprint density at radius 3 is 2.83 bits per heavy atom. The second-order valence-electron chi connectivity index (χ2n) is 2.61. The SMILES string of the molecule is C=CC(=C)n1cc(C)ccc1=O. The van der Waals surface area contributed by atoms with Crippen LogP contribution in [-0.4, -0.2) is 4.57 Å². The first-order valence-corrected chi connectivity index (χ1v) is 3.66. The smallest absolute Gasteiger partial charge is 0.255 e. The van der Waals surface area contributed by atoms with Gasteiger partial charge in [0.1, 0.15) is 0 Å². The molecule has 0 unspecified atom stereocenters. The van der Waals surface area contributed by atoms with Crippen molar-refractivity contribution in [2.24, 2.45) is 0 Å². The average Bonchev–Trinajstić information content (AvgIpc) is 2.08. The van der Waals surface area contributed by atoms with E-state index < -0.39 is 0 Å². The quantitative estimate of drug-likeness (QED) is 0.606. The average molecular weight is 161 g/mol. The van der Waals surface area contributed by atoms with Gasteiger partial charge >= 0.3 is 0 Å². The van der Waals surface area contributed by atoms with E-state index in [0.717, 1.165) is 5.56 Å². The van der Waals surface area contributed by atoms with Crippen LogP contribution in [0.25, 0.3) is 5.70 Å². The van der Waals surface area contributed by atoms with Crippen molar-refractivity contribution in [3.63, 3.8) is 0 Å². The number of aryl methyl sites for hydroxylation is 1. The van der Waals surface area contributed by atoms with Gasteiger partial charge in [-0.05, 0) is 18.6 Å². The molecule has 0 aromatic carbocycles. The largest absolute Gasteiger partial charge is 0.285 e. The first-order valence-electron chi connectivity index (χ1n) is 3.66. The molecule has 1 heterocycles. The molecule has 0 saturated heterocycles. The Labute approximate surface area is 71.5 Å². The topological polar surface area (TPSA) is 22.0 Å². The van der Waals surface area contributed by atoms with Gasteiger partial charge in [0, 0.05) is 18.0 Å². The predicted molar refractivity (Wildman–Crippen MR) is 51.0 cm³/mol. The number of allylic oxidation sites excluding steroid dienone is 2. The van der Waals surface area contributed by atoms with E-state index in [0.29, 0.717) is 5.70 Å². The summed E-state index contributed by atoms with van der Waals surface area (Å²) >= 11 is 0. The Morgan fingerprint density at radius 1 is 1.58 bits per heavy atom. The van der Waals surface area contributed by atoms with E-state index in [9.17, 15) is 4.79 Å². The van der Waals surface area contributed by atoms with E-state index in [4.69, 9.17) is 0 Å². The molecule has 62 valence electrons. The third kappa shape index (κ3) is 1.53. The maximum Gasteiger partial charge on any atom is 0.255 e. The molecule has 0 radical (unpaired) electrons. The van der Waals surface area contributed by atoms with Gasteiger partial charge in [-0.25, -0.2) is 0 Å². The van der Waals surface area contributed by atoms with Crippen LogP contribution >= 0.6 is 0 Å². The molecule has 1 rings (SSSR count). The Bertz CT molecular complexity index is 374. The van der Waals surface area contributed by atoms with E-state index in [2.05, 4.69) is 13.2 Å². The van der Waals surface area contributed by atoms with Crippen molar-refractivity contribution in [2.45, 2.75) is 6.92 Å². The normalized spacial score (nSPS) is 9.42. The van der Waals surface area contributed by atoms with Gasteiger partial charge in [0.05, 0.1) is 0 Å². The molecule has 0 aliphatic rings. The molecule has 0 aliphatic heterocycles. The highest BCUT2D eigenvalue weighted by Gasteiger charge is 1.95. The van der Waals surface area contributed by atoms with E-state index in [1.807, 2.05) is 6.92 Å². The van der Waals surface area contributed by atoms with Gasteiger partial charge in [-0.1, -0.05) is 19.2 Å². The third-order valence-corrected chi connectivity index (χ3v) is 1.60. The lowest BCUT2D eigenvalue weighted by Crippen LogP contribution is -2.16. The van der Waals surface area contributed by atoms with Crippen molar-refractivity contribution >= 4 is 5.70 Å². The molecule has 0 aliphatic carbocycles. The summed E-state index contributed by atoms with van der Waals surface area (Å²) in [6.07, 6.45) is 3.30. The van der Waals surface area contributed by atoms with E-state index in [1.54, 1.807) is 18.3 Å². The molecule has 0 bridgehead atoms. The molecule has 12 heavy (non-hydrogen) atoms. The van der Waals surface area contributed by atoms with Gasteiger partial charge in [0.15, 0.2) is 0 Å². The highest BCUT2D eigenvalue weighted by atomic mass is 16.1. The van der Waals surface area contributed by atoms with E-state index in [1.165, 1.54) is 10.6 Å². The molecule has 0 saturated carbocycles. The van der Waals surface area contributed by atoms with Crippen LogP contribution in [-0.2, 0) is 0 Å². The van der Waals surface area contributed by atoms with Crippen LogP contribution in [0.4, 0.5) is 0 Å². The van der Waals surface area contributed by atoms with Gasteiger partial charge in [0.2, 0.25) is 0 Å². The molecule has 0 amide bonds. The maximum atomic E-state index is 11.2. The Hall–Kier alpha value is -1.57. The number of rotatable bonds is 2. The summed E-state index contributed by atoms with van der Waals surface area (Å²) in [7, 11) is 0. The molecule has 2 heteroatoms. The first kappa shape index (κ1) is 8.53. The van der Waals surface area contributed by atoms with E-state index >= 15 is 0 Å². The summed E-state index contributed by atoms with van der Waals surface area (Å²) in [5.74, 6) is 0. The standard InChI is InChI=1S/C10H11NO/c1-4-9(3)11-7-8(2)5-6-10(11)12/h4-7H,1,3H2,2H3. The molecule has 0 N–H and O–H groups in total. The van der Waals surface area contributed by atoms with Crippen molar-refractivity contribution in [3.05, 3.63) is 53.5 Å². The number of pyridine rings is 1. The maximum absolute atomic E-state index is 11.2. The molecule has 1 aromatic heterocycles. The third-order valence-electron chi connectivity index (χ3n) is 1.60. The van der Waals surface area contributed by atoms with Crippen molar-refractivity contribution in [3.8, 4) is 0 Å². The highest BCUT2D eigenvalue weighted by Crippen LogP contribution is 2.00. The molecule has 0 fully saturated rings. The second-order valence-corrected chi connectivity index (χ2v) is 2.61. The Morgan fingerprint density at radius 2 is 2.25 bits per heavy atom. The lowest BCUT2D eigenvalue weighted by Gasteiger charge is -2.04. The monoisotopic (exact) mass is 161 g/mol. The zero-order valence-electron chi connectivity index (χ0n) is 7.08. The van der Waals surface area contributed by atoms with Crippen LogP contribution in [0.2, 0.25) is 0 Å². The molecule has 0 spiro atoms. The van der Waals surface area contributed by atoms with E-state index in [-0.39, 0.29) is 5.56 Å². The summed E-state index contributed by atoms with van der Waals surface area (Å²) < 4.78 is 1.47. The van der Waals surface area contributed by atoms with Crippen LogP contribution in [0.1, 0.15) is 5.56 Å². The first-order chi connectivity index (χ1) is 5.65. The minimum atomic E-state index is -0.0782. The zero-order chi connectivity index (χ0) is 9.14. The minimum absolute atomic E-state index is 0.0782. The van der Waals surface area contributed by atoms with Gasteiger partial charge in [-0.2, -0.15) is 0 Å². The zero-order valence-corrected chi connectivity index (χ0v) is 7.08. The van der Waals surface area contributed by atoms with Crippen LogP contribution in [0.15, 0.2) is 42.4 Å². The second kappa shape index (κ2) is 3.22. The predicted octanol–water partition coefficient (Wildman–Crippen LogP) is 1.81. The number of hydrogen-bond donors (Lipinski definition) is 0. The van der Waals surface area contributed by atoms with Crippen molar-refractivity contribution in [1.29, 1.82) is 0 Å². The molecule has 0 atom stereocenters. The lowest BCUT2D eigenvalue weighted by molar-refractivity contribution is 1.01. The fraction of sp³-hybridized carbons (Fsp3) is 0.100. The molecular formula is C10H11NO. The summed E-state index contributed by atoms with van der Waals surface area (Å²) in [6.45, 7) is 9.16. The van der Waals surface area contributed by atoms with Crippen LogP contribution in [0.5, 0.6) is 0 Å². The molecule has 1 aromatic rings. The van der Waals surface area contributed by atoms with Crippen molar-refractivity contribution in [2.75, 3.05) is 0 Å². The Kier molecular flexibility index (Phi) is 2.29.